The molecule has 2 heterocycles. The lowest BCUT2D eigenvalue weighted by atomic mass is 10.1. The molecule has 0 bridgehead atoms. The number of nitrogens with zero attached hydrogens (tertiary/aromatic N) is 1. The zero-order valence-electron chi connectivity index (χ0n) is 12.8. The van der Waals surface area contributed by atoms with Gasteiger partial charge in [-0.05, 0) is 31.2 Å². The third kappa shape index (κ3) is 3.21. The molecular formula is C15H24N2OS2. The van der Waals surface area contributed by atoms with E-state index in [4.69, 9.17) is 0 Å². The number of thioether (sulfide) groups is 1. The average molecular weight is 313 g/mol. The molecule has 1 aromatic heterocycles. The molecule has 0 spiro atoms. The molecule has 3 atom stereocenters. The Hall–Kier alpha value is -0.520. The number of carbonyl (C=O) groups excluding carboxylic acids is 1. The quantitative estimate of drug-likeness (QED) is 0.906. The molecule has 0 radical (unpaired) electrons. The van der Waals surface area contributed by atoms with E-state index in [0.717, 1.165) is 6.54 Å². The van der Waals surface area contributed by atoms with Gasteiger partial charge in [0.1, 0.15) is 6.17 Å². The van der Waals surface area contributed by atoms with Crippen LogP contribution in [0.5, 0.6) is 0 Å². The van der Waals surface area contributed by atoms with Crippen molar-refractivity contribution in [3.05, 3.63) is 21.9 Å². The zero-order chi connectivity index (χ0) is 14.9. The topological polar surface area (TPSA) is 32.3 Å². The van der Waals surface area contributed by atoms with Gasteiger partial charge < -0.3 is 4.90 Å². The number of nitrogens with one attached hydrogen (secondary N) is 1. The highest BCUT2D eigenvalue weighted by Gasteiger charge is 2.41. The van der Waals surface area contributed by atoms with Crippen molar-refractivity contribution in [1.82, 2.24) is 10.2 Å². The molecule has 0 saturated carbocycles. The second kappa shape index (κ2) is 6.50. The van der Waals surface area contributed by atoms with E-state index in [9.17, 15) is 4.79 Å². The van der Waals surface area contributed by atoms with E-state index in [1.54, 1.807) is 11.3 Å². The van der Waals surface area contributed by atoms with Gasteiger partial charge >= 0.3 is 0 Å². The molecular weight excluding hydrogens is 288 g/mol. The van der Waals surface area contributed by atoms with Crippen LogP contribution in [0.4, 0.5) is 0 Å². The predicted octanol–water partition coefficient (Wildman–Crippen LogP) is 3.26. The summed E-state index contributed by atoms with van der Waals surface area (Å²) in [6.07, 6.45) is 2.14. The van der Waals surface area contributed by atoms with Gasteiger partial charge in [-0.15, -0.1) is 11.3 Å². The number of thiophene rings is 1. The molecule has 1 aromatic rings. The molecule has 1 aliphatic heterocycles. The summed E-state index contributed by atoms with van der Waals surface area (Å²) in [6, 6.07) is 4.21. The van der Waals surface area contributed by atoms with Crippen LogP contribution in [0.2, 0.25) is 0 Å². The number of rotatable bonds is 5. The zero-order valence-corrected chi connectivity index (χ0v) is 14.5. The van der Waals surface area contributed by atoms with E-state index >= 15 is 0 Å². The van der Waals surface area contributed by atoms with Crippen LogP contribution < -0.4 is 5.32 Å². The smallest absolute Gasteiger partial charge is 0.241 e. The highest BCUT2D eigenvalue weighted by atomic mass is 32.2. The van der Waals surface area contributed by atoms with Crippen LogP contribution in [-0.2, 0) is 4.79 Å². The summed E-state index contributed by atoms with van der Waals surface area (Å²) in [7, 11) is 0. The third-order valence-electron chi connectivity index (χ3n) is 3.75. The molecule has 0 aliphatic carbocycles. The van der Waals surface area contributed by atoms with Gasteiger partial charge in [0.2, 0.25) is 5.91 Å². The van der Waals surface area contributed by atoms with E-state index < -0.39 is 0 Å². The van der Waals surface area contributed by atoms with Gasteiger partial charge in [-0.1, -0.05) is 20.8 Å². The fourth-order valence-corrected chi connectivity index (χ4v) is 3.76. The molecule has 2 rings (SSSR count). The van der Waals surface area contributed by atoms with Gasteiger partial charge in [0.05, 0.1) is 6.04 Å². The van der Waals surface area contributed by atoms with E-state index in [1.807, 2.05) is 16.7 Å². The van der Waals surface area contributed by atoms with E-state index in [1.165, 1.54) is 9.75 Å². The predicted molar refractivity (Wildman–Crippen MR) is 88.2 cm³/mol. The maximum Gasteiger partial charge on any atom is 0.241 e. The number of hydrogen-bond donors (Lipinski definition) is 1. The monoisotopic (exact) mass is 312 g/mol. The minimum atomic E-state index is -0.0588. The summed E-state index contributed by atoms with van der Waals surface area (Å²) in [6.45, 7) is 9.30. The lowest BCUT2D eigenvalue weighted by molar-refractivity contribution is -0.130. The molecule has 1 aliphatic rings. The molecule has 20 heavy (non-hydrogen) atoms. The summed E-state index contributed by atoms with van der Waals surface area (Å²) in [4.78, 5) is 17.2. The van der Waals surface area contributed by atoms with Gasteiger partial charge in [0.15, 0.2) is 0 Å². The molecule has 1 N–H and O–H groups in total. The Morgan fingerprint density at radius 2 is 2.10 bits per heavy atom. The summed E-state index contributed by atoms with van der Waals surface area (Å²) >= 11 is 3.58. The number of amides is 1. The average Bonchev–Trinajstić information content (AvgIpc) is 2.95. The maximum absolute atomic E-state index is 12.6. The number of aryl methyl sites for hydroxylation is 1. The first-order chi connectivity index (χ1) is 9.43. The first-order valence-corrected chi connectivity index (χ1v) is 9.20. The van der Waals surface area contributed by atoms with E-state index in [-0.39, 0.29) is 18.1 Å². The minimum Gasteiger partial charge on any atom is -0.320 e. The summed E-state index contributed by atoms with van der Waals surface area (Å²) in [5.74, 6) is 0.567. The molecule has 1 fully saturated rings. The third-order valence-corrected chi connectivity index (χ3v) is 5.76. The Kier molecular flexibility index (Phi) is 5.15. The van der Waals surface area contributed by atoms with E-state index in [0.29, 0.717) is 11.2 Å². The number of hydrogen-bond acceptors (Lipinski definition) is 4. The highest BCUT2D eigenvalue weighted by Crippen LogP contribution is 2.32. The second-order valence-corrected chi connectivity index (χ2v) is 8.37. The van der Waals surface area contributed by atoms with Crippen molar-refractivity contribution in [2.45, 2.75) is 45.2 Å². The summed E-state index contributed by atoms with van der Waals surface area (Å²) < 4.78 is 0. The van der Waals surface area contributed by atoms with Crippen molar-refractivity contribution < 1.29 is 4.79 Å². The van der Waals surface area contributed by atoms with Crippen molar-refractivity contribution in [2.75, 3.05) is 12.8 Å². The molecule has 3 unspecified atom stereocenters. The Balaban J connectivity index is 2.24. The Labute approximate surface area is 130 Å². The van der Waals surface area contributed by atoms with Crippen LogP contribution in [0.25, 0.3) is 0 Å². The SMILES string of the molecule is CSC(C)CN1C(=O)C(C(C)C)NC1c1ccc(C)s1. The van der Waals surface area contributed by atoms with Gasteiger partial charge in [-0.25, -0.2) is 0 Å². The number of carbonyl (C=O) groups is 1. The van der Waals surface area contributed by atoms with Crippen molar-refractivity contribution in [3.63, 3.8) is 0 Å². The lowest BCUT2D eigenvalue weighted by Gasteiger charge is -2.25. The van der Waals surface area contributed by atoms with Crippen molar-refractivity contribution in [2.24, 2.45) is 5.92 Å². The molecule has 1 amide bonds. The largest absolute Gasteiger partial charge is 0.320 e. The fourth-order valence-electron chi connectivity index (χ4n) is 2.50. The molecule has 5 heteroatoms. The summed E-state index contributed by atoms with van der Waals surface area (Å²) in [5.41, 5.74) is 0. The van der Waals surface area contributed by atoms with Crippen LogP contribution in [0.3, 0.4) is 0 Å². The Bertz CT molecular complexity index is 472. The van der Waals surface area contributed by atoms with E-state index in [2.05, 4.69) is 51.4 Å². The first kappa shape index (κ1) is 15.9. The fraction of sp³-hybridized carbons (Fsp3) is 0.667. The maximum atomic E-state index is 12.6. The van der Waals surface area contributed by atoms with Crippen LogP contribution in [0.15, 0.2) is 12.1 Å². The van der Waals surface area contributed by atoms with Gasteiger partial charge in [0, 0.05) is 21.5 Å². The van der Waals surface area contributed by atoms with Crippen LogP contribution in [0, 0.1) is 12.8 Å². The Morgan fingerprint density at radius 3 is 2.60 bits per heavy atom. The molecule has 3 nitrogen and oxygen atoms in total. The van der Waals surface area contributed by atoms with Crippen molar-refractivity contribution in [1.29, 1.82) is 0 Å². The van der Waals surface area contributed by atoms with Crippen molar-refractivity contribution in [3.8, 4) is 0 Å². The highest BCUT2D eigenvalue weighted by molar-refractivity contribution is 7.99. The molecule has 0 aromatic carbocycles. The van der Waals surface area contributed by atoms with Crippen LogP contribution >= 0.6 is 23.1 Å². The lowest BCUT2D eigenvalue weighted by Crippen LogP contribution is -2.36. The second-order valence-electron chi connectivity index (χ2n) is 5.78. The van der Waals surface area contributed by atoms with Gasteiger partial charge in [0.25, 0.3) is 0 Å². The van der Waals surface area contributed by atoms with Gasteiger partial charge in [-0.2, -0.15) is 11.8 Å². The van der Waals surface area contributed by atoms with Gasteiger partial charge in [-0.3, -0.25) is 10.1 Å². The first-order valence-electron chi connectivity index (χ1n) is 7.09. The van der Waals surface area contributed by atoms with Crippen LogP contribution in [-0.4, -0.2) is 34.9 Å². The summed E-state index contributed by atoms with van der Waals surface area (Å²) in [5, 5.41) is 3.98. The standard InChI is InChI=1S/C15H24N2OS2/c1-9(2)13-15(18)17(8-11(4)19-5)14(16-13)12-7-6-10(3)20-12/h6-7,9,11,13-14,16H,8H2,1-5H3. The molecule has 1 saturated heterocycles. The van der Waals surface area contributed by atoms with Crippen molar-refractivity contribution >= 4 is 29.0 Å². The normalized spacial score (nSPS) is 24.7. The molecule has 112 valence electrons. The minimum absolute atomic E-state index is 0.0446. The Morgan fingerprint density at radius 1 is 1.40 bits per heavy atom. The van der Waals surface area contributed by atoms with Crippen LogP contribution in [0.1, 0.15) is 36.7 Å².